The van der Waals surface area contributed by atoms with E-state index in [1.807, 2.05) is 6.07 Å². The largest absolute Gasteiger partial charge is 0.760 e. The number of nitriles is 1. The van der Waals surface area contributed by atoms with Crippen molar-refractivity contribution < 1.29 is 22.6 Å². The van der Waals surface area contributed by atoms with Crippen LogP contribution in [-0.2, 0) is 24.7 Å². The van der Waals surface area contributed by atoms with Gasteiger partial charge in [-0.1, -0.05) is 6.07 Å². The van der Waals surface area contributed by atoms with Crippen molar-refractivity contribution in [1.82, 2.24) is 9.29 Å². The zero-order chi connectivity index (χ0) is 24.0. The van der Waals surface area contributed by atoms with Crippen molar-refractivity contribution in [3.8, 4) is 34.4 Å². The number of aryl methyl sites for hydroxylation is 1. The van der Waals surface area contributed by atoms with Crippen LogP contribution in [0.1, 0.15) is 18.1 Å². The van der Waals surface area contributed by atoms with Gasteiger partial charge in [-0.25, -0.2) is 9.11 Å². The Bertz CT molecular complexity index is 1290. The fraction of sp³-hybridized carbons (Fsp3) is 0.217. The van der Waals surface area contributed by atoms with Gasteiger partial charge in [0.05, 0.1) is 18.2 Å². The molecule has 1 unspecified atom stereocenters. The molecule has 3 rings (SSSR count). The molecule has 1 N–H and O–H groups in total. The fourth-order valence-electron chi connectivity index (χ4n) is 3.17. The Labute approximate surface area is 192 Å². The Morgan fingerprint density at radius 1 is 1.15 bits per heavy atom. The van der Waals surface area contributed by atoms with Crippen molar-refractivity contribution in [2.45, 2.75) is 13.3 Å². The number of nitrogens with one attached hydrogen (secondary N) is 1. The zero-order valence-electron chi connectivity index (χ0n) is 18.0. The molecule has 3 aromatic rings. The first-order chi connectivity index (χ1) is 15.8. The van der Waals surface area contributed by atoms with Gasteiger partial charge in [-0.15, -0.1) is 0 Å². The normalized spacial score (nSPS) is 11.6. The topological polar surface area (TPSA) is 116 Å². The van der Waals surface area contributed by atoms with E-state index >= 15 is 0 Å². The molecule has 0 aliphatic heterocycles. The smallest absolute Gasteiger partial charge is 0.254 e. The van der Waals surface area contributed by atoms with Crippen molar-refractivity contribution >= 4 is 11.3 Å². The van der Waals surface area contributed by atoms with Gasteiger partial charge in [-0.05, 0) is 49.2 Å². The van der Waals surface area contributed by atoms with Gasteiger partial charge in [-0.2, -0.15) is 5.26 Å². The fourth-order valence-corrected chi connectivity index (χ4v) is 3.44. The highest BCUT2D eigenvalue weighted by molar-refractivity contribution is 7.77. The van der Waals surface area contributed by atoms with Crippen LogP contribution in [0.25, 0.3) is 11.1 Å². The summed E-state index contributed by atoms with van der Waals surface area (Å²) in [6.07, 6.45) is 1.99. The van der Waals surface area contributed by atoms with Gasteiger partial charge in [0.1, 0.15) is 11.5 Å². The van der Waals surface area contributed by atoms with E-state index in [1.165, 1.54) is 22.8 Å². The molecule has 0 amide bonds. The quantitative estimate of drug-likeness (QED) is 0.480. The number of hydrogen-bond acceptors (Lipinski definition) is 6. The molecule has 0 spiro atoms. The summed E-state index contributed by atoms with van der Waals surface area (Å²) in [5.41, 5.74) is 1.76. The van der Waals surface area contributed by atoms with Gasteiger partial charge >= 0.3 is 0 Å². The second-order valence-electron chi connectivity index (χ2n) is 7.00. The molecule has 0 radical (unpaired) electrons. The van der Waals surface area contributed by atoms with Crippen molar-refractivity contribution in [3.05, 3.63) is 76.0 Å². The number of aromatic nitrogens is 1. The van der Waals surface area contributed by atoms with E-state index in [9.17, 15) is 17.9 Å². The van der Waals surface area contributed by atoms with Gasteiger partial charge in [0.15, 0.2) is 11.6 Å². The van der Waals surface area contributed by atoms with Gasteiger partial charge in [-0.3, -0.25) is 9.00 Å². The number of nitrogens with zero attached hydrogens (tertiary/aromatic N) is 2. The highest BCUT2D eigenvalue weighted by atomic mass is 32.2. The van der Waals surface area contributed by atoms with Crippen LogP contribution in [-0.4, -0.2) is 26.5 Å². The molecule has 172 valence electrons. The summed E-state index contributed by atoms with van der Waals surface area (Å²) in [6, 6.07) is 12.3. The van der Waals surface area contributed by atoms with Crippen molar-refractivity contribution in [2.24, 2.45) is 7.05 Å². The summed E-state index contributed by atoms with van der Waals surface area (Å²) >= 11 is -2.38. The van der Waals surface area contributed by atoms with E-state index < -0.39 is 17.1 Å². The van der Waals surface area contributed by atoms with Gasteiger partial charge in [0, 0.05) is 48.2 Å². The third-order valence-electron chi connectivity index (χ3n) is 4.74. The molecule has 8 nitrogen and oxygen atoms in total. The first-order valence-electron chi connectivity index (χ1n) is 9.99. The summed E-state index contributed by atoms with van der Waals surface area (Å²) in [5, 5.41) is 8.96. The second-order valence-corrected chi connectivity index (χ2v) is 7.76. The SMILES string of the molecule is CCOc1cc(=O)n(C)cc1-c1cc(CCNS(=O)[O-])ccc1Oc1ccc(C#N)cc1F. The van der Waals surface area contributed by atoms with Crippen molar-refractivity contribution in [2.75, 3.05) is 13.2 Å². The Hall–Kier alpha value is -3.52. The predicted molar refractivity (Wildman–Crippen MR) is 120 cm³/mol. The Morgan fingerprint density at radius 2 is 1.91 bits per heavy atom. The molecule has 0 fully saturated rings. The monoisotopic (exact) mass is 470 g/mol. The van der Waals surface area contributed by atoms with Gasteiger partial charge < -0.3 is 18.6 Å². The first-order valence-corrected chi connectivity index (χ1v) is 11.1. The third-order valence-corrected chi connectivity index (χ3v) is 5.18. The van der Waals surface area contributed by atoms with Crippen LogP contribution in [0.3, 0.4) is 0 Å². The standard InChI is InChI=1S/C23H22FN3O5S/c1-3-31-22-12-23(28)27(2)14-18(22)17-10-15(8-9-26-33(29)30)4-6-20(17)32-21-7-5-16(13-25)11-19(21)24/h4-7,10-12,14,26H,3,8-9H2,1-2H3,(H,29,30)/p-1. The first kappa shape index (κ1) is 24.1. The van der Waals surface area contributed by atoms with E-state index in [2.05, 4.69) is 4.72 Å². The third kappa shape index (κ3) is 6.04. The molecule has 0 saturated heterocycles. The molecule has 0 aliphatic carbocycles. The molecular weight excluding hydrogens is 449 g/mol. The molecule has 0 aliphatic rings. The lowest BCUT2D eigenvalue weighted by atomic mass is 10.0. The van der Waals surface area contributed by atoms with Crippen molar-refractivity contribution in [1.29, 1.82) is 5.26 Å². The maximum atomic E-state index is 14.5. The molecular formula is C23H21FN3O5S-. The van der Waals surface area contributed by atoms with Crippen molar-refractivity contribution in [3.63, 3.8) is 0 Å². The van der Waals surface area contributed by atoms with Crippen LogP contribution in [0.2, 0.25) is 0 Å². The Balaban J connectivity index is 2.10. The number of hydrogen-bond donors (Lipinski definition) is 1. The lowest BCUT2D eigenvalue weighted by molar-refractivity contribution is 0.340. The number of rotatable bonds is 9. The van der Waals surface area contributed by atoms with E-state index in [4.69, 9.17) is 14.7 Å². The molecule has 0 bridgehead atoms. The minimum absolute atomic E-state index is 0.0748. The Morgan fingerprint density at radius 3 is 2.58 bits per heavy atom. The molecule has 2 aromatic carbocycles. The van der Waals surface area contributed by atoms with Crippen LogP contribution >= 0.6 is 0 Å². The summed E-state index contributed by atoms with van der Waals surface area (Å²) < 4.78 is 51.2. The van der Waals surface area contributed by atoms with Crippen LogP contribution in [0, 0.1) is 17.1 Å². The van der Waals surface area contributed by atoms with Gasteiger partial charge in [0.2, 0.25) is 0 Å². The van der Waals surface area contributed by atoms with E-state index in [1.54, 1.807) is 38.4 Å². The molecule has 10 heteroatoms. The summed E-state index contributed by atoms with van der Waals surface area (Å²) in [6.45, 7) is 2.29. The number of halogens is 1. The van der Waals surface area contributed by atoms with Crippen LogP contribution in [0.15, 0.2) is 53.5 Å². The summed E-state index contributed by atoms with van der Waals surface area (Å²) in [7, 11) is 1.60. The van der Waals surface area contributed by atoms with E-state index in [-0.39, 0.29) is 23.4 Å². The van der Waals surface area contributed by atoms with Gasteiger partial charge in [0.25, 0.3) is 5.56 Å². The predicted octanol–water partition coefficient (Wildman–Crippen LogP) is 3.18. The average Bonchev–Trinajstić information content (AvgIpc) is 2.78. The van der Waals surface area contributed by atoms with Crippen LogP contribution < -0.4 is 19.8 Å². The number of ether oxygens (including phenoxy) is 2. The molecule has 1 aromatic heterocycles. The Kier molecular flexibility index (Phi) is 7.95. The maximum Gasteiger partial charge on any atom is 0.254 e. The minimum Gasteiger partial charge on any atom is -0.760 e. The zero-order valence-corrected chi connectivity index (χ0v) is 18.8. The molecule has 33 heavy (non-hydrogen) atoms. The second kappa shape index (κ2) is 10.9. The van der Waals surface area contributed by atoms with Crippen LogP contribution in [0.4, 0.5) is 4.39 Å². The van der Waals surface area contributed by atoms with Crippen LogP contribution in [0.5, 0.6) is 17.2 Å². The molecule has 1 atom stereocenters. The highest BCUT2D eigenvalue weighted by Gasteiger charge is 2.17. The van der Waals surface area contributed by atoms with E-state index in [0.29, 0.717) is 35.7 Å². The lowest BCUT2D eigenvalue weighted by Crippen LogP contribution is -2.19. The number of pyridine rings is 1. The maximum absolute atomic E-state index is 14.5. The lowest BCUT2D eigenvalue weighted by Gasteiger charge is -2.17. The minimum atomic E-state index is -2.38. The molecule has 1 heterocycles. The number of benzene rings is 2. The average molecular weight is 471 g/mol. The summed E-state index contributed by atoms with van der Waals surface area (Å²) in [5.74, 6) is -0.144. The highest BCUT2D eigenvalue weighted by Crippen LogP contribution is 2.39. The van der Waals surface area contributed by atoms with E-state index in [0.717, 1.165) is 11.6 Å². The molecule has 0 saturated carbocycles. The summed E-state index contributed by atoms with van der Waals surface area (Å²) in [4.78, 5) is 12.2.